The first kappa shape index (κ1) is 27.3. The molecular weight excluding hydrogens is 483 g/mol. The molecule has 3 aromatic carbocycles. The van der Waals surface area contributed by atoms with Crippen LogP contribution in [-0.4, -0.2) is 40.2 Å². The number of phosphoric ester groups is 1. The Morgan fingerprint density at radius 1 is 1.00 bits per heavy atom. The van der Waals surface area contributed by atoms with Gasteiger partial charge >= 0.3 is 7.82 Å². The van der Waals surface area contributed by atoms with Crippen LogP contribution in [0.1, 0.15) is 29.8 Å². The molecule has 1 unspecified atom stereocenters. The van der Waals surface area contributed by atoms with Crippen LogP contribution < -0.4 is 15.8 Å². The highest BCUT2D eigenvalue weighted by Crippen LogP contribution is 2.36. The number of rotatable bonds is 11. The minimum atomic E-state index is -4.78. The van der Waals surface area contributed by atoms with Crippen LogP contribution in [0, 0.1) is 0 Å². The van der Waals surface area contributed by atoms with Gasteiger partial charge in [0.05, 0.1) is 18.8 Å². The summed E-state index contributed by atoms with van der Waals surface area (Å²) in [6.07, 6.45) is 0.635. The predicted molar refractivity (Wildman–Crippen MR) is 137 cm³/mol. The van der Waals surface area contributed by atoms with Gasteiger partial charge in [-0.25, -0.2) is 4.57 Å². The number of hydrogen-bond donors (Lipinski definition) is 4. The van der Waals surface area contributed by atoms with Crippen molar-refractivity contribution >= 4 is 25.2 Å². The zero-order valence-corrected chi connectivity index (χ0v) is 20.9. The summed E-state index contributed by atoms with van der Waals surface area (Å²) in [5, 5.41) is 2.54. The number of phosphoric acid groups is 1. The van der Waals surface area contributed by atoms with Crippen LogP contribution in [0.2, 0.25) is 0 Å². The van der Waals surface area contributed by atoms with Gasteiger partial charge in [0.1, 0.15) is 11.3 Å². The highest BCUT2D eigenvalue weighted by Gasteiger charge is 2.32. The molecule has 36 heavy (non-hydrogen) atoms. The van der Waals surface area contributed by atoms with Crippen LogP contribution in [0.4, 0.5) is 5.69 Å². The Balaban J connectivity index is 1.61. The van der Waals surface area contributed by atoms with Crippen LogP contribution in [0.15, 0.2) is 72.8 Å². The maximum atomic E-state index is 12.5. The van der Waals surface area contributed by atoms with E-state index in [-0.39, 0.29) is 17.0 Å². The number of ketones is 1. The Kier molecular flexibility index (Phi) is 8.79. The highest BCUT2D eigenvalue weighted by atomic mass is 31.2. The van der Waals surface area contributed by atoms with Crippen molar-refractivity contribution in [3.63, 3.8) is 0 Å². The van der Waals surface area contributed by atoms with E-state index in [9.17, 15) is 14.2 Å². The molecule has 0 aliphatic heterocycles. The van der Waals surface area contributed by atoms with Gasteiger partial charge in [-0.3, -0.25) is 14.1 Å². The zero-order valence-electron chi connectivity index (χ0n) is 20.0. The van der Waals surface area contributed by atoms with Gasteiger partial charge in [0.15, 0.2) is 5.78 Å². The monoisotopic (exact) mass is 512 g/mol. The average Bonchev–Trinajstić information content (AvgIpc) is 2.84. The number of carbonyl (C=O) groups excluding carboxylic acids is 2. The number of Topliss-reactive ketones (excluding diaryl/α,β-unsaturated/α-hetero) is 1. The standard InChI is InChI=1S/C26H29N2O7P/c1-18(29)23-16-22(28-25(30)26(2,27)17-35-36(31,32)33)12-13-24(23)34-15-14-19-8-10-21(11-9-19)20-6-4-3-5-7-20/h3-13,16H,14-15,17,27H2,1-2H3,(H,28,30)(H2,31,32,33). The van der Waals surface area contributed by atoms with Gasteiger partial charge in [0, 0.05) is 12.1 Å². The van der Waals surface area contributed by atoms with Gasteiger partial charge in [-0.2, -0.15) is 0 Å². The van der Waals surface area contributed by atoms with E-state index in [1.165, 1.54) is 19.9 Å². The number of benzene rings is 3. The van der Waals surface area contributed by atoms with E-state index in [1.54, 1.807) is 12.1 Å². The zero-order chi connectivity index (χ0) is 26.3. The molecule has 0 aliphatic rings. The van der Waals surface area contributed by atoms with E-state index in [1.807, 2.05) is 30.3 Å². The highest BCUT2D eigenvalue weighted by molar-refractivity contribution is 7.46. The second-order valence-electron chi connectivity index (χ2n) is 8.56. The van der Waals surface area contributed by atoms with Gasteiger partial charge in [-0.1, -0.05) is 54.6 Å². The number of anilines is 1. The van der Waals surface area contributed by atoms with Crippen LogP contribution in [0.5, 0.6) is 5.75 Å². The molecule has 0 spiro atoms. The first-order valence-corrected chi connectivity index (χ1v) is 12.7. The molecule has 1 amide bonds. The fraction of sp³-hybridized carbons (Fsp3) is 0.231. The van der Waals surface area contributed by atoms with E-state index >= 15 is 0 Å². The summed E-state index contributed by atoms with van der Waals surface area (Å²) in [6, 6.07) is 22.8. The second kappa shape index (κ2) is 11.6. The minimum absolute atomic E-state index is 0.256. The van der Waals surface area contributed by atoms with Crippen LogP contribution in [0.3, 0.4) is 0 Å². The van der Waals surface area contributed by atoms with Crippen LogP contribution in [-0.2, 0) is 20.3 Å². The molecule has 5 N–H and O–H groups in total. The molecular formula is C26H29N2O7P. The third-order valence-electron chi connectivity index (χ3n) is 5.38. The Morgan fingerprint density at radius 2 is 1.64 bits per heavy atom. The molecule has 0 bridgehead atoms. The smallest absolute Gasteiger partial charge is 0.469 e. The van der Waals surface area contributed by atoms with Crippen molar-refractivity contribution in [3.8, 4) is 16.9 Å². The van der Waals surface area contributed by atoms with E-state index in [4.69, 9.17) is 20.3 Å². The molecule has 0 saturated heterocycles. The molecule has 0 aromatic heterocycles. The van der Waals surface area contributed by atoms with Gasteiger partial charge < -0.3 is 25.6 Å². The largest absolute Gasteiger partial charge is 0.492 e. The lowest BCUT2D eigenvalue weighted by Gasteiger charge is -2.23. The Hall–Kier alpha value is -3.33. The van der Waals surface area contributed by atoms with Gasteiger partial charge in [-0.15, -0.1) is 0 Å². The summed E-state index contributed by atoms with van der Waals surface area (Å²) >= 11 is 0. The topological polar surface area (TPSA) is 148 Å². The quantitative estimate of drug-likeness (QED) is 0.223. The van der Waals surface area contributed by atoms with Gasteiger partial charge in [-0.05, 0) is 48.7 Å². The van der Waals surface area contributed by atoms with Crippen molar-refractivity contribution in [1.29, 1.82) is 0 Å². The molecule has 3 rings (SSSR count). The lowest BCUT2D eigenvalue weighted by atomic mass is 10.0. The predicted octanol–water partition coefficient (Wildman–Crippen LogP) is 3.94. The molecule has 3 aromatic rings. The van der Waals surface area contributed by atoms with Crippen LogP contribution in [0.25, 0.3) is 11.1 Å². The first-order chi connectivity index (χ1) is 16.9. The third kappa shape index (κ3) is 7.84. The summed E-state index contributed by atoms with van der Waals surface area (Å²) in [4.78, 5) is 42.3. The molecule has 9 nitrogen and oxygen atoms in total. The SMILES string of the molecule is CC(=O)c1cc(NC(=O)C(C)(N)COP(=O)(O)O)ccc1OCCc1ccc(-c2ccccc2)cc1. The molecule has 0 heterocycles. The number of ether oxygens (including phenoxy) is 1. The number of nitrogens with two attached hydrogens (primary N) is 1. The summed E-state index contributed by atoms with van der Waals surface area (Å²) in [5.74, 6) is -0.617. The lowest BCUT2D eigenvalue weighted by Crippen LogP contribution is -2.52. The average molecular weight is 512 g/mol. The summed E-state index contributed by atoms with van der Waals surface area (Å²) in [5.41, 5.74) is 8.02. The number of nitrogens with one attached hydrogen (secondary N) is 1. The molecule has 190 valence electrons. The Bertz CT molecular complexity index is 1260. The lowest BCUT2D eigenvalue weighted by molar-refractivity contribution is -0.121. The normalized spacial score (nSPS) is 13.0. The number of amides is 1. The van der Waals surface area contributed by atoms with Crippen molar-refractivity contribution in [2.24, 2.45) is 5.73 Å². The first-order valence-electron chi connectivity index (χ1n) is 11.2. The summed E-state index contributed by atoms with van der Waals surface area (Å²) < 4.78 is 21.1. The summed E-state index contributed by atoms with van der Waals surface area (Å²) in [6.45, 7) is 2.30. The van der Waals surface area contributed by atoms with E-state index < -0.39 is 25.9 Å². The second-order valence-corrected chi connectivity index (χ2v) is 9.80. The van der Waals surface area contributed by atoms with Crippen molar-refractivity contribution in [3.05, 3.63) is 83.9 Å². The summed E-state index contributed by atoms with van der Waals surface area (Å²) in [7, 11) is -4.78. The van der Waals surface area contributed by atoms with E-state index in [0.29, 0.717) is 18.8 Å². The van der Waals surface area contributed by atoms with E-state index in [2.05, 4.69) is 34.1 Å². The maximum Gasteiger partial charge on any atom is 0.469 e. The van der Waals surface area contributed by atoms with Gasteiger partial charge in [0.2, 0.25) is 5.91 Å². The van der Waals surface area contributed by atoms with Crippen molar-refractivity contribution in [2.45, 2.75) is 25.8 Å². The molecule has 0 saturated carbocycles. The number of carbonyl (C=O) groups is 2. The van der Waals surface area contributed by atoms with Crippen molar-refractivity contribution in [2.75, 3.05) is 18.5 Å². The molecule has 0 radical (unpaired) electrons. The molecule has 1 atom stereocenters. The van der Waals surface area contributed by atoms with Crippen molar-refractivity contribution in [1.82, 2.24) is 0 Å². The van der Waals surface area contributed by atoms with Crippen LogP contribution >= 0.6 is 7.82 Å². The Morgan fingerprint density at radius 3 is 2.25 bits per heavy atom. The Labute approximate surface area is 209 Å². The van der Waals surface area contributed by atoms with Gasteiger partial charge in [0.25, 0.3) is 0 Å². The number of hydrogen-bond acceptors (Lipinski definition) is 6. The maximum absolute atomic E-state index is 12.5. The molecule has 0 fully saturated rings. The van der Waals surface area contributed by atoms with Crippen molar-refractivity contribution < 1.29 is 33.2 Å². The molecule has 0 aliphatic carbocycles. The fourth-order valence-electron chi connectivity index (χ4n) is 3.34. The fourth-order valence-corrected chi connectivity index (χ4v) is 3.78. The van der Waals surface area contributed by atoms with E-state index in [0.717, 1.165) is 16.7 Å². The minimum Gasteiger partial charge on any atom is -0.492 e. The third-order valence-corrected chi connectivity index (χ3v) is 5.84. The molecule has 10 heteroatoms.